The molecule has 0 fully saturated rings. The lowest BCUT2D eigenvalue weighted by Crippen LogP contribution is -2.29. The van der Waals surface area contributed by atoms with Crippen molar-refractivity contribution in [2.45, 2.75) is 33.7 Å². The summed E-state index contributed by atoms with van der Waals surface area (Å²) < 4.78 is 11.9. The van der Waals surface area contributed by atoms with E-state index in [1.165, 1.54) is 18.7 Å². The molecule has 0 saturated carbocycles. The van der Waals surface area contributed by atoms with Crippen molar-refractivity contribution >= 4 is 23.3 Å². The van der Waals surface area contributed by atoms with Crippen molar-refractivity contribution in [1.29, 1.82) is 0 Å². The molecule has 0 aliphatic rings. The van der Waals surface area contributed by atoms with Gasteiger partial charge in [-0.1, -0.05) is 12.1 Å². The van der Waals surface area contributed by atoms with Crippen molar-refractivity contribution < 1.29 is 24.0 Å². The Hall–Kier alpha value is -4.54. The maximum Gasteiger partial charge on any atom is 0.347 e. The van der Waals surface area contributed by atoms with Gasteiger partial charge in [-0.2, -0.15) is 10.2 Å². The highest BCUT2D eigenvalue weighted by molar-refractivity contribution is 5.99. The van der Waals surface area contributed by atoms with E-state index in [2.05, 4.69) is 15.6 Å². The maximum absolute atomic E-state index is 12.6. The van der Waals surface area contributed by atoms with Crippen LogP contribution in [0.3, 0.4) is 0 Å². The minimum Gasteiger partial charge on any atom is -0.496 e. The van der Waals surface area contributed by atoms with Crippen LogP contribution in [0.25, 0.3) is 0 Å². The lowest BCUT2D eigenvalue weighted by molar-refractivity contribution is -0.386. The fourth-order valence-electron chi connectivity index (χ4n) is 3.44. The van der Waals surface area contributed by atoms with Crippen LogP contribution >= 0.6 is 0 Å². The lowest BCUT2D eigenvalue weighted by atomic mass is 10.1. The van der Waals surface area contributed by atoms with Gasteiger partial charge in [-0.3, -0.25) is 19.6 Å². The normalized spacial score (nSPS) is 12.1. The number of carbonyl (C=O) groups is 2. The van der Waals surface area contributed by atoms with Gasteiger partial charge in [0.2, 0.25) is 0 Å². The van der Waals surface area contributed by atoms with E-state index in [9.17, 15) is 19.7 Å². The number of aryl methyl sites for hydroxylation is 1. The Morgan fingerprint density at radius 3 is 2.40 bits per heavy atom. The number of hydrogen-bond acceptors (Lipinski definition) is 8. The Morgan fingerprint density at radius 1 is 1.14 bits per heavy atom. The number of hydrazone groups is 1. The van der Waals surface area contributed by atoms with Crippen LogP contribution in [0.2, 0.25) is 0 Å². The second kappa shape index (κ2) is 10.6. The lowest BCUT2D eigenvalue weighted by Gasteiger charge is -2.12. The third kappa shape index (κ3) is 5.52. The molecule has 3 aromatic rings. The zero-order chi connectivity index (χ0) is 25.7. The number of rotatable bonds is 8. The average Bonchev–Trinajstić information content (AvgIpc) is 3.15. The number of esters is 1. The molecular weight excluding hydrogens is 454 g/mol. The Bertz CT molecular complexity index is 1300. The molecule has 35 heavy (non-hydrogen) atoms. The van der Waals surface area contributed by atoms with Gasteiger partial charge in [0.1, 0.15) is 34.5 Å². The molecule has 3 rings (SSSR count). The quantitative estimate of drug-likeness (QED) is 0.171. The number of hydrogen-bond donors (Lipinski definition) is 1. The molecule has 0 aliphatic heterocycles. The fraction of sp³-hybridized carbons (Fsp3) is 0.250. The van der Waals surface area contributed by atoms with Gasteiger partial charge in [-0.05, 0) is 69.7 Å². The van der Waals surface area contributed by atoms with E-state index >= 15 is 0 Å². The molecule has 0 saturated heterocycles. The van der Waals surface area contributed by atoms with Crippen molar-refractivity contribution in [2.75, 3.05) is 7.11 Å². The molecule has 11 nitrogen and oxygen atoms in total. The van der Waals surface area contributed by atoms with E-state index in [0.29, 0.717) is 28.3 Å². The van der Waals surface area contributed by atoms with E-state index in [4.69, 9.17) is 9.47 Å². The van der Waals surface area contributed by atoms with Crippen LogP contribution in [0.15, 0.2) is 53.6 Å². The van der Waals surface area contributed by atoms with Crippen molar-refractivity contribution in [3.8, 4) is 11.5 Å². The summed E-state index contributed by atoms with van der Waals surface area (Å²) in [7, 11) is 1.48. The molecule has 1 amide bonds. The number of amides is 1. The molecular formula is C24H25N5O6. The highest BCUT2D eigenvalue weighted by Gasteiger charge is 2.27. The maximum atomic E-state index is 12.6. The minimum absolute atomic E-state index is 0.115. The second-order valence-electron chi connectivity index (χ2n) is 7.68. The molecule has 1 heterocycles. The van der Waals surface area contributed by atoms with Crippen LogP contribution in [-0.4, -0.2) is 39.4 Å². The number of nitrogens with zero attached hydrogens (tertiary/aromatic N) is 4. The SMILES string of the molecule is COc1ccccc1C(=O)Oc1ccc(C(C)=NNC(=O)C(C)n2nc(C)c([N+](=O)[O-])c2C)cc1. The molecule has 11 heteroatoms. The minimum atomic E-state index is -0.810. The molecule has 1 N–H and O–H groups in total. The Morgan fingerprint density at radius 2 is 1.80 bits per heavy atom. The van der Waals surface area contributed by atoms with Gasteiger partial charge < -0.3 is 9.47 Å². The summed E-state index contributed by atoms with van der Waals surface area (Å²) in [5, 5.41) is 19.4. The van der Waals surface area contributed by atoms with Gasteiger partial charge in [0, 0.05) is 0 Å². The molecule has 0 spiro atoms. The first kappa shape index (κ1) is 25.1. The van der Waals surface area contributed by atoms with Crippen molar-refractivity contribution in [3.05, 3.63) is 81.2 Å². The van der Waals surface area contributed by atoms with E-state index in [0.717, 1.165) is 0 Å². The molecule has 0 bridgehead atoms. The number of aromatic nitrogens is 2. The third-order valence-electron chi connectivity index (χ3n) is 5.36. The summed E-state index contributed by atoms with van der Waals surface area (Å²) in [4.78, 5) is 35.7. The first-order valence-corrected chi connectivity index (χ1v) is 10.6. The van der Waals surface area contributed by atoms with Gasteiger partial charge >= 0.3 is 11.7 Å². The summed E-state index contributed by atoms with van der Waals surface area (Å²) in [5.41, 5.74) is 4.38. The van der Waals surface area contributed by atoms with Gasteiger partial charge in [0.05, 0.1) is 17.7 Å². The fourth-order valence-corrected chi connectivity index (χ4v) is 3.44. The van der Waals surface area contributed by atoms with Crippen LogP contribution in [0.5, 0.6) is 11.5 Å². The first-order chi connectivity index (χ1) is 16.6. The van der Waals surface area contributed by atoms with Gasteiger partial charge in [0.25, 0.3) is 5.91 Å². The largest absolute Gasteiger partial charge is 0.496 e. The molecule has 1 atom stereocenters. The van der Waals surface area contributed by atoms with Crippen LogP contribution < -0.4 is 14.9 Å². The standard InChI is InChI=1S/C24H25N5O6/c1-14(25-26-23(30)17(4)28-16(3)22(29(32)33)15(2)27-28)18-10-12-19(13-11-18)35-24(31)20-8-6-7-9-21(20)34-5/h6-13,17H,1-5H3,(H,26,30). The Balaban J connectivity index is 1.66. The molecule has 0 aliphatic carbocycles. The van der Waals surface area contributed by atoms with Crippen molar-refractivity contribution in [3.63, 3.8) is 0 Å². The second-order valence-corrected chi connectivity index (χ2v) is 7.68. The summed E-state index contributed by atoms with van der Waals surface area (Å²) in [6.45, 7) is 6.34. The number of carbonyl (C=O) groups excluding carboxylic acids is 2. The highest BCUT2D eigenvalue weighted by Crippen LogP contribution is 2.25. The van der Waals surface area contributed by atoms with Gasteiger partial charge in [-0.25, -0.2) is 10.2 Å². The van der Waals surface area contributed by atoms with Crippen molar-refractivity contribution in [1.82, 2.24) is 15.2 Å². The van der Waals surface area contributed by atoms with Gasteiger partial charge in [0.15, 0.2) is 0 Å². The number of benzene rings is 2. The monoisotopic (exact) mass is 479 g/mol. The smallest absolute Gasteiger partial charge is 0.347 e. The number of methoxy groups -OCH3 is 1. The van der Waals surface area contributed by atoms with Crippen LogP contribution in [0.4, 0.5) is 5.69 Å². The summed E-state index contributed by atoms with van der Waals surface area (Å²) >= 11 is 0. The summed E-state index contributed by atoms with van der Waals surface area (Å²) in [6.07, 6.45) is 0. The van der Waals surface area contributed by atoms with Crippen LogP contribution in [0.1, 0.15) is 47.2 Å². The topological polar surface area (TPSA) is 138 Å². The van der Waals surface area contributed by atoms with Gasteiger partial charge in [-0.15, -0.1) is 0 Å². The Labute approximate surface area is 201 Å². The van der Waals surface area contributed by atoms with Crippen LogP contribution in [-0.2, 0) is 4.79 Å². The summed E-state index contributed by atoms with van der Waals surface area (Å²) in [6, 6.07) is 12.6. The predicted octanol–water partition coefficient (Wildman–Crippen LogP) is 3.74. The number of nitrogens with one attached hydrogen (secondary N) is 1. The zero-order valence-corrected chi connectivity index (χ0v) is 19.9. The van der Waals surface area contributed by atoms with E-state index in [-0.39, 0.29) is 17.1 Å². The third-order valence-corrected chi connectivity index (χ3v) is 5.36. The predicted molar refractivity (Wildman–Crippen MR) is 128 cm³/mol. The van der Waals surface area contributed by atoms with E-state index in [1.54, 1.807) is 69.3 Å². The average molecular weight is 479 g/mol. The summed E-state index contributed by atoms with van der Waals surface area (Å²) in [5.74, 6) is -0.281. The molecule has 1 unspecified atom stereocenters. The molecule has 182 valence electrons. The van der Waals surface area contributed by atoms with E-state index in [1.807, 2.05) is 0 Å². The molecule has 0 radical (unpaired) electrons. The van der Waals surface area contributed by atoms with E-state index < -0.39 is 22.8 Å². The number of ether oxygens (including phenoxy) is 2. The zero-order valence-electron chi connectivity index (χ0n) is 19.9. The number of nitro groups is 1. The molecule has 1 aromatic heterocycles. The Kier molecular flexibility index (Phi) is 7.59. The first-order valence-electron chi connectivity index (χ1n) is 10.6. The van der Waals surface area contributed by atoms with Crippen molar-refractivity contribution in [2.24, 2.45) is 5.10 Å². The molecule has 2 aromatic carbocycles. The number of para-hydroxylation sites is 1. The highest BCUT2D eigenvalue weighted by atomic mass is 16.6. The van der Waals surface area contributed by atoms with Crippen LogP contribution in [0, 0.1) is 24.0 Å².